The normalized spacial score (nSPS) is 17.2. The molecule has 1 heterocycles. The summed E-state index contributed by atoms with van der Waals surface area (Å²) in [6.07, 6.45) is 2.42. The van der Waals surface area contributed by atoms with Gasteiger partial charge in [-0.3, -0.25) is 14.5 Å². The summed E-state index contributed by atoms with van der Waals surface area (Å²) in [6, 6.07) is 16.9. The molecule has 0 radical (unpaired) electrons. The molecule has 1 saturated heterocycles. The molecular weight excluding hydrogens is 352 g/mol. The van der Waals surface area contributed by atoms with E-state index < -0.39 is 12.0 Å². The van der Waals surface area contributed by atoms with Crippen LogP contribution >= 0.6 is 12.4 Å². The van der Waals surface area contributed by atoms with Gasteiger partial charge in [-0.2, -0.15) is 0 Å². The first-order valence-corrected chi connectivity index (χ1v) is 8.56. The molecular formula is C20H23ClN2O3. The molecule has 2 N–H and O–H groups in total. The molecule has 0 saturated carbocycles. The van der Waals surface area contributed by atoms with Gasteiger partial charge in [0.2, 0.25) is 5.91 Å². The van der Waals surface area contributed by atoms with E-state index in [9.17, 15) is 14.7 Å². The third kappa shape index (κ3) is 4.84. The molecule has 2 aromatic rings. The summed E-state index contributed by atoms with van der Waals surface area (Å²) in [4.78, 5) is 25.6. The topological polar surface area (TPSA) is 69.6 Å². The fourth-order valence-electron chi connectivity index (χ4n) is 3.30. The van der Waals surface area contributed by atoms with Crippen molar-refractivity contribution in [3.8, 4) is 11.1 Å². The van der Waals surface area contributed by atoms with Gasteiger partial charge in [0.05, 0.1) is 6.54 Å². The second-order valence-electron chi connectivity index (χ2n) is 6.28. The van der Waals surface area contributed by atoms with Crippen molar-refractivity contribution in [3.05, 3.63) is 54.6 Å². The fourth-order valence-corrected chi connectivity index (χ4v) is 3.30. The molecule has 1 fully saturated rings. The van der Waals surface area contributed by atoms with Crippen LogP contribution in [0.25, 0.3) is 11.1 Å². The minimum Gasteiger partial charge on any atom is -0.480 e. The Morgan fingerprint density at radius 3 is 2.46 bits per heavy atom. The van der Waals surface area contributed by atoms with Crippen molar-refractivity contribution in [2.45, 2.75) is 25.3 Å². The Morgan fingerprint density at radius 2 is 1.73 bits per heavy atom. The first kappa shape index (κ1) is 19.9. The van der Waals surface area contributed by atoms with Gasteiger partial charge in [0, 0.05) is 11.3 Å². The van der Waals surface area contributed by atoms with Crippen LogP contribution in [0.2, 0.25) is 0 Å². The highest BCUT2D eigenvalue weighted by molar-refractivity contribution is 5.96. The summed E-state index contributed by atoms with van der Waals surface area (Å²) in [7, 11) is 0. The lowest BCUT2D eigenvalue weighted by atomic mass is 10.0. The second-order valence-corrected chi connectivity index (χ2v) is 6.28. The number of halogens is 1. The lowest BCUT2D eigenvalue weighted by Gasteiger charge is -2.32. The zero-order chi connectivity index (χ0) is 17.6. The minimum absolute atomic E-state index is 0. The Balaban J connectivity index is 0.00000243. The van der Waals surface area contributed by atoms with Gasteiger partial charge in [-0.05, 0) is 31.0 Å². The van der Waals surface area contributed by atoms with Gasteiger partial charge >= 0.3 is 5.97 Å². The summed E-state index contributed by atoms with van der Waals surface area (Å²) in [5, 5.41) is 12.3. The number of likely N-dealkylation sites (tertiary alicyclic amines) is 1. The number of amides is 1. The smallest absolute Gasteiger partial charge is 0.320 e. The van der Waals surface area contributed by atoms with E-state index in [-0.39, 0.29) is 24.9 Å². The third-order valence-electron chi connectivity index (χ3n) is 4.53. The number of hydrogen-bond acceptors (Lipinski definition) is 3. The number of rotatable bonds is 5. The number of carboxylic acids is 1. The van der Waals surface area contributed by atoms with E-state index in [0.717, 1.165) is 29.7 Å². The van der Waals surface area contributed by atoms with Crippen LogP contribution in [-0.4, -0.2) is 41.0 Å². The first-order valence-electron chi connectivity index (χ1n) is 8.56. The van der Waals surface area contributed by atoms with E-state index in [1.807, 2.05) is 54.6 Å². The fraction of sp³-hybridized carbons (Fsp3) is 0.300. The highest BCUT2D eigenvalue weighted by atomic mass is 35.5. The minimum atomic E-state index is -0.850. The van der Waals surface area contributed by atoms with Crippen LogP contribution in [0.5, 0.6) is 0 Å². The molecule has 0 bridgehead atoms. The number of nitrogens with one attached hydrogen (secondary N) is 1. The average molecular weight is 375 g/mol. The molecule has 0 aliphatic carbocycles. The quantitative estimate of drug-likeness (QED) is 0.838. The first-order chi connectivity index (χ1) is 12.1. The summed E-state index contributed by atoms with van der Waals surface area (Å²) < 4.78 is 0. The number of benzene rings is 2. The molecule has 1 aliphatic heterocycles. The Labute approximate surface area is 159 Å². The molecule has 0 aromatic heterocycles. The van der Waals surface area contributed by atoms with Crippen LogP contribution in [0.1, 0.15) is 19.3 Å². The van der Waals surface area contributed by atoms with Crippen LogP contribution in [0.4, 0.5) is 5.69 Å². The van der Waals surface area contributed by atoms with E-state index in [2.05, 4.69) is 5.32 Å². The molecule has 1 aliphatic rings. The summed E-state index contributed by atoms with van der Waals surface area (Å²) >= 11 is 0. The Morgan fingerprint density at radius 1 is 1.04 bits per heavy atom. The van der Waals surface area contributed by atoms with Crippen molar-refractivity contribution in [3.63, 3.8) is 0 Å². The molecule has 3 rings (SSSR count). The Bertz CT molecular complexity index is 752. The van der Waals surface area contributed by atoms with Gasteiger partial charge in [0.1, 0.15) is 6.04 Å². The van der Waals surface area contributed by atoms with Crippen molar-refractivity contribution in [1.82, 2.24) is 4.90 Å². The summed E-state index contributed by atoms with van der Waals surface area (Å²) in [6.45, 7) is 0.741. The highest BCUT2D eigenvalue weighted by Crippen LogP contribution is 2.27. The predicted molar refractivity (Wildman–Crippen MR) is 105 cm³/mol. The van der Waals surface area contributed by atoms with Crippen molar-refractivity contribution in [1.29, 1.82) is 0 Å². The molecule has 6 heteroatoms. The number of carbonyl (C=O) groups excluding carboxylic acids is 1. The summed E-state index contributed by atoms with van der Waals surface area (Å²) in [5.74, 6) is -1.03. The van der Waals surface area contributed by atoms with Crippen molar-refractivity contribution in [2.24, 2.45) is 0 Å². The second kappa shape index (κ2) is 9.36. The number of piperidine rings is 1. The third-order valence-corrected chi connectivity index (χ3v) is 4.53. The number of anilines is 1. The number of carboxylic acid groups (broad SMARTS) is 1. The summed E-state index contributed by atoms with van der Waals surface area (Å²) in [5.41, 5.74) is 2.72. The van der Waals surface area contributed by atoms with Gasteiger partial charge in [-0.1, -0.05) is 55.0 Å². The number of nitrogens with zero attached hydrogens (tertiary/aromatic N) is 1. The van der Waals surface area contributed by atoms with Crippen LogP contribution in [0.3, 0.4) is 0 Å². The molecule has 26 heavy (non-hydrogen) atoms. The van der Waals surface area contributed by atoms with E-state index in [0.29, 0.717) is 13.0 Å². The molecule has 1 amide bonds. The zero-order valence-electron chi connectivity index (χ0n) is 14.4. The molecule has 138 valence electrons. The number of para-hydroxylation sites is 1. The van der Waals surface area contributed by atoms with Gasteiger partial charge < -0.3 is 10.4 Å². The predicted octanol–water partition coefficient (Wildman–Crippen LogP) is 3.65. The maximum absolute atomic E-state index is 12.5. The van der Waals surface area contributed by atoms with Gasteiger partial charge in [0.15, 0.2) is 0 Å². The zero-order valence-corrected chi connectivity index (χ0v) is 15.2. The van der Waals surface area contributed by atoms with Crippen LogP contribution in [0, 0.1) is 0 Å². The SMILES string of the molecule is Cl.O=C(CN1CCCCC1C(=O)O)Nc1ccccc1-c1ccccc1. The molecule has 0 spiro atoms. The molecule has 2 aromatic carbocycles. The molecule has 5 nitrogen and oxygen atoms in total. The van der Waals surface area contributed by atoms with Gasteiger partial charge in [0.25, 0.3) is 0 Å². The number of carbonyl (C=O) groups is 2. The Kier molecular flexibility index (Phi) is 7.18. The lowest BCUT2D eigenvalue weighted by Crippen LogP contribution is -2.47. The Hall–Kier alpha value is -2.37. The molecule has 1 unspecified atom stereocenters. The average Bonchev–Trinajstić information content (AvgIpc) is 2.63. The molecule has 1 atom stereocenters. The monoisotopic (exact) mass is 374 g/mol. The van der Waals surface area contributed by atoms with Crippen molar-refractivity contribution >= 4 is 30.0 Å². The lowest BCUT2D eigenvalue weighted by molar-refractivity contribution is -0.145. The van der Waals surface area contributed by atoms with Crippen LogP contribution in [0.15, 0.2) is 54.6 Å². The maximum atomic E-state index is 12.5. The number of aliphatic carboxylic acids is 1. The van der Waals surface area contributed by atoms with Gasteiger partial charge in [-0.15, -0.1) is 12.4 Å². The van der Waals surface area contributed by atoms with Crippen LogP contribution in [-0.2, 0) is 9.59 Å². The van der Waals surface area contributed by atoms with E-state index >= 15 is 0 Å². The van der Waals surface area contributed by atoms with E-state index in [1.54, 1.807) is 4.90 Å². The van der Waals surface area contributed by atoms with Crippen molar-refractivity contribution < 1.29 is 14.7 Å². The van der Waals surface area contributed by atoms with Crippen molar-refractivity contribution in [2.75, 3.05) is 18.4 Å². The number of hydrogen-bond donors (Lipinski definition) is 2. The maximum Gasteiger partial charge on any atom is 0.320 e. The van der Waals surface area contributed by atoms with E-state index in [4.69, 9.17) is 0 Å². The van der Waals surface area contributed by atoms with Gasteiger partial charge in [-0.25, -0.2) is 0 Å². The highest BCUT2D eigenvalue weighted by Gasteiger charge is 2.29. The van der Waals surface area contributed by atoms with Crippen LogP contribution < -0.4 is 5.32 Å². The largest absolute Gasteiger partial charge is 0.480 e. The standard InChI is InChI=1S/C20H22N2O3.ClH/c23-19(14-22-13-7-6-12-18(22)20(24)25)21-17-11-5-4-10-16(17)15-8-2-1-3-9-15;/h1-5,8-11,18H,6-7,12-14H2,(H,21,23)(H,24,25);1H. The van der Waals surface area contributed by atoms with E-state index in [1.165, 1.54) is 0 Å².